The zero-order valence-electron chi connectivity index (χ0n) is 33.9. The summed E-state index contributed by atoms with van der Waals surface area (Å²) in [6.07, 6.45) is 0. The molecule has 2 heteroatoms. The van der Waals surface area contributed by atoms with Crippen molar-refractivity contribution in [3.05, 3.63) is 229 Å². The van der Waals surface area contributed by atoms with Crippen molar-refractivity contribution in [1.29, 1.82) is 0 Å². The van der Waals surface area contributed by atoms with E-state index in [1.165, 1.54) is 77.2 Å². The van der Waals surface area contributed by atoms with Crippen molar-refractivity contribution in [2.75, 3.05) is 0 Å². The molecule has 2 nitrogen and oxygen atoms in total. The van der Waals surface area contributed by atoms with E-state index in [-0.39, 0.29) is 0 Å². The van der Waals surface area contributed by atoms with Crippen molar-refractivity contribution >= 4 is 54.3 Å². The standard InChI is InChI=1S/C61H34O2/c1-2-12-37-34-57-49(32-36(37)11-1)60-45(20-10-24-55(60)63-57)40-28-30-56-59-44(40)18-9-19-47(59)48-31-38(26-29-54(48)62-56)39-25-27-43-41-15-3-5-21-50(41)61(53(43)33-39)51-22-6-4-16-42(51)46-17-7-13-35-14-8-23-52(61)58(35)46/h1-34H. The molecule has 1 atom stereocenters. The van der Waals surface area contributed by atoms with Crippen molar-refractivity contribution in [2.24, 2.45) is 0 Å². The van der Waals surface area contributed by atoms with Crippen LogP contribution in [0, 0.1) is 0 Å². The highest BCUT2D eigenvalue weighted by Gasteiger charge is 2.50. The van der Waals surface area contributed by atoms with Gasteiger partial charge in [0.15, 0.2) is 0 Å². The van der Waals surface area contributed by atoms with E-state index in [1.807, 2.05) is 0 Å². The molecule has 290 valence electrons. The highest BCUT2D eigenvalue weighted by Crippen LogP contribution is 2.62. The average Bonchev–Trinajstić information content (AvgIpc) is 3.85. The number of hydrogen-bond donors (Lipinski definition) is 0. The fraction of sp³-hybridized carbons (Fsp3) is 0.0164. The van der Waals surface area contributed by atoms with Gasteiger partial charge in [0.1, 0.15) is 22.7 Å². The first-order valence-corrected chi connectivity index (χ1v) is 21.8. The van der Waals surface area contributed by atoms with Gasteiger partial charge in [0.05, 0.1) is 5.41 Å². The van der Waals surface area contributed by atoms with Crippen LogP contribution in [0.4, 0.5) is 0 Å². The third-order valence-corrected chi connectivity index (χ3v) is 14.5. The molecule has 15 rings (SSSR count). The van der Waals surface area contributed by atoms with Gasteiger partial charge < -0.3 is 9.15 Å². The van der Waals surface area contributed by atoms with E-state index in [2.05, 4.69) is 206 Å². The van der Waals surface area contributed by atoms with Crippen molar-refractivity contribution in [3.63, 3.8) is 0 Å². The van der Waals surface area contributed by atoms with Crippen LogP contribution in [0.3, 0.4) is 0 Å². The summed E-state index contributed by atoms with van der Waals surface area (Å²) in [4.78, 5) is 0. The predicted octanol–water partition coefficient (Wildman–Crippen LogP) is 16.5. The summed E-state index contributed by atoms with van der Waals surface area (Å²) in [7, 11) is 0. The summed E-state index contributed by atoms with van der Waals surface area (Å²) in [6.45, 7) is 0. The summed E-state index contributed by atoms with van der Waals surface area (Å²) >= 11 is 0. The summed E-state index contributed by atoms with van der Waals surface area (Å²) in [5.41, 5.74) is 18.8. The van der Waals surface area contributed by atoms with Crippen molar-refractivity contribution in [3.8, 4) is 67.1 Å². The van der Waals surface area contributed by atoms with Crippen LogP contribution in [0.15, 0.2) is 211 Å². The molecule has 63 heavy (non-hydrogen) atoms. The molecule has 1 aliphatic heterocycles. The molecule has 0 N–H and O–H groups in total. The second-order valence-electron chi connectivity index (χ2n) is 17.4. The third kappa shape index (κ3) is 4.27. The van der Waals surface area contributed by atoms with Crippen molar-refractivity contribution < 1.29 is 9.15 Å². The SMILES string of the molecule is c1ccc2c(c1)-c1ccc(-c3ccc4c(c3)-c3cccc5c(-c6cccc7oc8cc9ccccc9cc8c67)ccc(c35)O4)cc1C21c2ccccc2-c2cccc3cccc1c23. The van der Waals surface area contributed by atoms with Gasteiger partial charge in [-0.15, -0.1) is 0 Å². The molecule has 11 aromatic carbocycles. The quantitative estimate of drug-likeness (QED) is 0.174. The van der Waals surface area contributed by atoms with Crippen LogP contribution in [0.25, 0.3) is 110 Å². The van der Waals surface area contributed by atoms with E-state index in [0.29, 0.717) is 0 Å². The molecule has 0 fully saturated rings. The zero-order chi connectivity index (χ0) is 41.0. The zero-order valence-corrected chi connectivity index (χ0v) is 33.9. The minimum absolute atomic E-state index is 0.471. The molecule has 0 saturated heterocycles. The van der Waals surface area contributed by atoms with Gasteiger partial charge in [-0.05, 0) is 142 Å². The van der Waals surface area contributed by atoms with Gasteiger partial charge in [0.2, 0.25) is 0 Å². The fourth-order valence-electron chi connectivity index (χ4n) is 11.9. The maximum absolute atomic E-state index is 6.81. The first-order valence-electron chi connectivity index (χ1n) is 21.8. The van der Waals surface area contributed by atoms with Gasteiger partial charge in [-0.2, -0.15) is 0 Å². The lowest BCUT2D eigenvalue weighted by Gasteiger charge is -2.40. The van der Waals surface area contributed by atoms with E-state index < -0.39 is 5.41 Å². The number of hydrogen-bond acceptors (Lipinski definition) is 2. The summed E-state index contributed by atoms with van der Waals surface area (Å²) in [5, 5.41) is 9.54. The first-order chi connectivity index (χ1) is 31.2. The van der Waals surface area contributed by atoms with E-state index in [0.717, 1.165) is 66.5 Å². The van der Waals surface area contributed by atoms with Gasteiger partial charge in [-0.3, -0.25) is 0 Å². The Morgan fingerprint density at radius 1 is 0.286 bits per heavy atom. The third-order valence-electron chi connectivity index (χ3n) is 14.5. The van der Waals surface area contributed by atoms with Crippen LogP contribution in [0.1, 0.15) is 22.3 Å². The van der Waals surface area contributed by atoms with E-state index in [1.54, 1.807) is 0 Å². The van der Waals surface area contributed by atoms with Gasteiger partial charge in [-0.1, -0.05) is 164 Å². The molecular formula is C61H34O2. The lowest BCUT2D eigenvalue weighted by atomic mass is 9.61. The van der Waals surface area contributed by atoms with Crippen LogP contribution in [-0.2, 0) is 5.41 Å². The van der Waals surface area contributed by atoms with Gasteiger partial charge in [0, 0.05) is 21.7 Å². The molecule has 3 aliphatic rings. The Morgan fingerprint density at radius 3 is 1.70 bits per heavy atom. The minimum atomic E-state index is -0.471. The Bertz CT molecular complexity index is 4010. The Kier molecular flexibility index (Phi) is 6.38. The molecule has 1 spiro atoms. The Morgan fingerprint density at radius 2 is 0.857 bits per heavy atom. The van der Waals surface area contributed by atoms with E-state index in [9.17, 15) is 0 Å². The fourth-order valence-corrected chi connectivity index (χ4v) is 11.9. The maximum Gasteiger partial charge on any atom is 0.136 e. The maximum atomic E-state index is 6.81. The topological polar surface area (TPSA) is 22.4 Å². The minimum Gasteiger partial charge on any atom is -0.456 e. The largest absolute Gasteiger partial charge is 0.456 e. The molecule has 1 aromatic heterocycles. The van der Waals surface area contributed by atoms with Crippen LogP contribution >= 0.6 is 0 Å². The Hall–Kier alpha value is -8.20. The number of ether oxygens (including phenoxy) is 1. The Balaban J connectivity index is 0.923. The first kappa shape index (κ1) is 33.5. The van der Waals surface area contributed by atoms with E-state index >= 15 is 0 Å². The molecule has 0 saturated carbocycles. The molecule has 1 unspecified atom stereocenters. The number of benzene rings is 11. The predicted molar refractivity (Wildman–Crippen MR) is 259 cm³/mol. The molecule has 0 bridgehead atoms. The number of fused-ring (bicyclic) bond motifs is 15. The monoisotopic (exact) mass is 798 g/mol. The smallest absolute Gasteiger partial charge is 0.136 e. The van der Waals surface area contributed by atoms with Gasteiger partial charge in [0.25, 0.3) is 0 Å². The van der Waals surface area contributed by atoms with Crippen LogP contribution < -0.4 is 4.74 Å². The van der Waals surface area contributed by atoms with Crippen molar-refractivity contribution in [2.45, 2.75) is 5.41 Å². The lowest BCUT2D eigenvalue weighted by molar-refractivity contribution is 0.487. The molecule has 0 radical (unpaired) electrons. The highest BCUT2D eigenvalue weighted by atomic mass is 16.5. The highest BCUT2D eigenvalue weighted by molar-refractivity contribution is 6.19. The van der Waals surface area contributed by atoms with Crippen LogP contribution in [0.5, 0.6) is 11.5 Å². The lowest BCUT2D eigenvalue weighted by Crippen LogP contribution is -2.31. The second kappa shape index (κ2) is 12.0. The second-order valence-corrected chi connectivity index (χ2v) is 17.4. The number of rotatable bonds is 2. The molecule has 2 heterocycles. The average molecular weight is 799 g/mol. The summed E-state index contributed by atoms with van der Waals surface area (Å²) in [6, 6.07) is 76.1. The summed E-state index contributed by atoms with van der Waals surface area (Å²) in [5.74, 6) is 1.75. The molecular weight excluding hydrogens is 765 g/mol. The molecule has 0 amide bonds. The normalized spacial score (nSPS) is 15.2. The van der Waals surface area contributed by atoms with Crippen LogP contribution in [0.2, 0.25) is 0 Å². The Labute approximate surface area is 362 Å². The van der Waals surface area contributed by atoms with E-state index in [4.69, 9.17) is 9.15 Å². The van der Waals surface area contributed by atoms with Gasteiger partial charge in [-0.25, -0.2) is 0 Å². The molecule has 12 aromatic rings. The molecule has 2 aliphatic carbocycles. The van der Waals surface area contributed by atoms with Crippen molar-refractivity contribution in [1.82, 2.24) is 0 Å². The van der Waals surface area contributed by atoms with Crippen LogP contribution in [-0.4, -0.2) is 0 Å². The van der Waals surface area contributed by atoms with Gasteiger partial charge >= 0.3 is 0 Å². The summed E-state index contributed by atoms with van der Waals surface area (Å²) < 4.78 is 13.3. The number of furan rings is 1.